The number of aromatic amines is 1. The number of H-pyrrole nitrogens is 1. The van der Waals surface area contributed by atoms with Crippen molar-refractivity contribution < 1.29 is 9.72 Å². The number of aromatic nitrogens is 4. The monoisotopic (exact) mass is 502 g/mol. The molecule has 0 saturated heterocycles. The molecular formula is C14H9Br2ClN6O3. The number of nitro groups is 1. The molecule has 0 aliphatic rings. The molecule has 0 bridgehead atoms. The van der Waals surface area contributed by atoms with Gasteiger partial charge < -0.3 is 15.4 Å². The normalized spacial score (nSPS) is 10.7. The zero-order valence-electron chi connectivity index (χ0n) is 12.7. The van der Waals surface area contributed by atoms with Crippen molar-refractivity contribution in [3.05, 3.63) is 65.8 Å². The van der Waals surface area contributed by atoms with Crippen LogP contribution in [0.1, 0.15) is 16.1 Å². The van der Waals surface area contributed by atoms with Crippen LogP contribution in [0.5, 0.6) is 0 Å². The number of rotatable bonds is 5. The van der Waals surface area contributed by atoms with E-state index in [0.29, 0.717) is 16.0 Å². The van der Waals surface area contributed by atoms with Gasteiger partial charge >= 0.3 is 5.82 Å². The highest BCUT2D eigenvalue weighted by atomic mass is 79.9. The second-order valence-corrected chi connectivity index (χ2v) is 7.12. The van der Waals surface area contributed by atoms with E-state index in [-0.39, 0.29) is 16.0 Å². The van der Waals surface area contributed by atoms with Crippen LogP contribution in [0, 0.1) is 10.1 Å². The summed E-state index contributed by atoms with van der Waals surface area (Å²) in [5.74, 6) is -0.803. The van der Waals surface area contributed by atoms with Crippen LogP contribution < -0.4 is 5.32 Å². The molecule has 0 radical (unpaired) electrons. The maximum Gasteiger partial charge on any atom is 0.357 e. The first-order chi connectivity index (χ1) is 12.4. The molecule has 0 fully saturated rings. The zero-order chi connectivity index (χ0) is 18.8. The van der Waals surface area contributed by atoms with Crippen LogP contribution in [-0.2, 0) is 6.54 Å². The van der Waals surface area contributed by atoms with Crippen LogP contribution in [0.4, 0.5) is 11.6 Å². The summed E-state index contributed by atoms with van der Waals surface area (Å²) in [4.78, 5) is 22.4. The molecule has 2 heterocycles. The Labute approximate surface area is 168 Å². The van der Waals surface area contributed by atoms with E-state index in [4.69, 9.17) is 11.6 Å². The summed E-state index contributed by atoms with van der Waals surface area (Å²) >= 11 is 12.4. The number of carbonyl (C=O) groups is 1. The fourth-order valence-corrected chi connectivity index (χ4v) is 3.23. The highest BCUT2D eigenvalue weighted by molar-refractivity contribution is 9.11. The summed E-state index contributed by atoms with van der Waals surface area (Å²) in [5, 5.41) is 24.1. The number of benzene rings is 1. The standard InChI is InChI=1S/C14H9Br2ClN6O3/c15-8-6-22(5-7-3-1-2-4-9(7)17)21-12(8)18-14(24)11-10(16)13(20-19-11)23(25)26/h1-4,6H,5H2,(H,19,20)(H,18,21,24). The summed E-state index contributed by atoms with van der Waals surface area (Å²) in [6, 6.07) is 7.35. The van der Waals surface area contributed by atoms with Gasteiger partial charge in [-0.15, -0.1) is 5.10 Å². The maximum atomic E-state index is 12.3. The molecule has 2 N–H and O–H groups in total. The summed E-state index contributed by atoms with van der Waals surface area (Å²) in [6.45, 7) is 0.408. The lowest BCUT2D eigenvalue weighted by atomic mass is 10.2. The average Bonchev–Trinajstić information content (AvgIpc) is 3.13. The first-order valence-electron chi connectivity index (χ1n) is 7.02. The Morgan fingerprint density at radius 1 is 1.38 bits per heavy atom. The average molecular weight is 505 g/mol. The lowest BCUT2D eigenvalue weighted by molar-refractivity contribution is -0.390. The number of halogens is 3. The fourth-order valence-electron chi connectivity index (χ4n) is 2.12. The second kappa shape index (κ2) is 7.56. The van der Waals surface area contributed by atoms with Gasteiger partial charge in [-0.2, -0.15) is 5.10 Å². The third kappa shape index (κ3) is 3.79. The van der Waals surface area contributed by atoms with E-state index in [0.717, 1.165) is 5.56 Å². The minimum Gasteiger partial charge on any atom is -0.358 e. The Bertz CT molecular complexity index is 1000. The molecule has 0 spiro atoms. The number of nitrogens with one attached hydrogen (secondary N) is 2. The number of nitrogens with zero attached hydrogens (tertiary/aromatic N) is 4. The summed E-state index contributed by atoms with van der Waals surface area (Å²) < 4.78 is 2.11. The van der Waals surface area contributed by atoms with Crippen molar-refractivity contribution in [1.29, 1.82) is 0 Å². The minimum atomic E-state index is -0.678. The van der Waals surface area contributed by atoms with Crippen molar-refractivity contribution in [2.45, 2.75) is 6.54 Å². The predicted molar refractivity (Wildman–Crippen MR) is 101 cm³/mol. The van der Waals surface area contributed by atoms with E-state index in [1.54, 1.807) is 16.9 Å². The third-order valence-corrected chi connectivity index (χ3v) is 5.03. The Morgan fingerprint density at radius 3 is 2.77 bits per heavy atom. The van der Waals surface area contributed by atoms with Gasteiger partial charge in [-0.3, -0.25) is 9.48 Å². The van der Waals surface area contributed by atoms with E-state index < -0.39 is 16.6 Å². The van der Waals surface area contributed by atoms with Gasteiger partial charge in [0, 0.05) is 11.2 Å². The SMILES string of the molecule is O=C(Nc1nn(Cc2ccccc2Cl)cc1Br)c1n[nH]c([N+](=O)[O-])c1Br. The highest BCUT2D eigenvalue weighted by Crippen LogP contribution is 2.27. The molecule has 1 aromatic carbocycles. The van der Waals surface area contributed by atoms with Gasteiger partial charge in [0.1, 0.15) is 4.47 Å². The molecule has 26 heavy (non-hydrogen) atoms. The first kappa shape index (κ1) is 18.5. The molecule has 3 aromatic rings. The minimum absolute atomic E-state index is 0.0355. The topological polar surface area (TPSA) is 119 Å². The van der Waals surface area contributed by atoms with E-state index in [9.17, 15) is 14.9 Å². The molecule has 134 valence electrons. The van der Waals surface area contributed by atoms with Gasteiger partial charge in [-0.1, -0.05) is 34.9 Å². The van der Waals surface area contributed by atoms with Crippen LogP contribution in [0.15, 0.2) is 39.4 Å². The largest absolute Gasteiger partial charge is 0.358 e. The van der Waals surface area contributed by atoms with E-state index in [1.807, 2.05) is 18.2 Å². The molecule has 1 amide bonds. The molecule has 0 atom stereocenters. The lowest BCUT2D eigenvalue weighted by Gasteiger charge is -2.04. The molecule has 0 saturated carbocycles. The molecule has 0 unspecified atom stereocenters. The Kier molecular flexibility index (Phi) is 5.39. The lowest BCUT2D eigenvalue weighted by Crippen LogP contribution is -2.14. The van der Waals surface area contributed by atoms with Gasteiger partial charge in [-0.25, -0.2) is 0 Å². The molecule has 0 aliphatic carbocycles. The summed E-state index contributed by atoms with van der Waals surface area (Å²) in [7, 11) is 0. The quantitative estimate of drug-likeness (QED) is 0.402. The van der Waals surface area contributed by atoms with Gasteiger partial charge in [0.25, 0.3) is 5.91 Å². The molecular weight excluding hydrogens is 495 g/mol. The van der Waals surface area contributed by atoms with Gasteiger partial charge in [0.15, 0.2) is 11.5 Å². The smallest absolute Gasteiger partial charge is 0.357 e. The maximum absolute atomic E-state index is 12.3. The van der Waals surface area contributed by atoms with Crippen molar-refractivity contribution in [3.8, 4) is 0 Å². The molecule has 12 heteroatoms. The van der Waals surface area contributed by atoms with Crippen LogP contribution >= 0.6 is 43.5 Å². The number of anilines is 1. The van der Waals surface area contributed by atoms with Crippen molar-refractivity contribution in [3.63, 3.8) is 0 Å². The van der Waals surface area contributed by atoms with Gasteiger partial charge in [0.05, 0.1) is 11.0 Å². The fraction of sp³-hybridized carbons (Fsp3) is 0.0714. The number of amides is 1. The first-order valence-corrected chi connectivity index (χ1v) is 8.99. The van der Waals surface area contributed by atoms with Gasteiger partial charge in [-0.05, 0) is 48.4 Å². The highest BCUT2D eigenvalue weighted by Gasteiger charge is 2.25. The van der Waals surface area contributed by atoms with E-state index in [2.05, 4.69) is 52.5 Å². The second-order valence-electron chi connectivity index (χ2n) is 5.06. The summed E-state index contributed by atoms with van der Waals surface area (Å²) in [5.41, 5.74) is 0.719. The Morgan fingerprint density at radius 2 is 2.12 bits per heavy atom. The Balaban J connectivity index is 1.79. The zero-order valence-corrected chi connectivity index (χ0v) is 16.7. The van der Waals surface area contributed by atoms with Gasteiger partial charge in [0.2, 0.25) is 0 Å². The van der Waals surface area contributed by atoms with Crippen molar-refractivity contribution >= 4 is 61.0 Å². The van der Waals surface area contributed by atoms with Crippen molar-refractivity contribution in [1.82, 2.24) is 20.0 Å². The number of hydrogen-bond acceptors (Lipinski definition) is 5. The third-order valence-electron chi connectivity index (χ3n) is 3.33. The van der Waals surface area contributed by atoms with Crippen LogP contribution in [0.2, 0.25) is 5.02 Å². The van der Waals surface area contributed by atoms with Crippen molar-refractivity contribution in [2.24, 2.45) is 0 Å². The van der Waals surface area contributed by atoms with Crippen LogP contribution in [-0.4, -0.2) is 30.8 Å². The molecule has 0 aliphatic heterocycles. The van der Waals surface area contributed by atoms with Crippen LogP contribution in [0.25, 0.3) is 0 Å². The Hall–Kier alpha value is -2.24. The summed E-state index contributed by atoms with van der Waals surface area (Å²) in [6.07, 6.45) is 1.68. The molecule has 3 rings (SSSR count). The van der Waals surface area contributed by atoms with Crippen LogP contribution in [0.3, 0.4) is 0 Å². The van der Waals surface area contributed by atoms with E-state index in [1.165, 1.54) is 0 Å². The van der Waals surface area contributed by atoms with E-state index >= 15 is 0 Å². The number of hydrogen-bond donors (Lipinski definition) is 2. The number of carbonyl (C=O) groups excluding carboxylic acids is 1. The van der Waals surface area contributed by atoms with Crippen molar-refractivity contribution in [2.75, 3.05) is 5.32 Å². The molecule has 9 nitrogen and oxygen atoms in total. The predicted octanol–water partition coefficient (Wildman–Crippen LogP) is 3.99. The molecule has 2 aromatic heterocycles.